The minimum Gasteiger partial charge on any atom is -0.271 e. The topological polar surface area (TPSA) is 55.9 Å². The summed E-state index contributed by atoms with van der Waals surface area (Å²) < 4.78 is 1.89. The van der Waals surface area contributed by atoms with Crippen molar-refractivity contribution in [3.8, 4) is 0 Å². The molecule has 4 heteroatoms. The number of nitrogens with two attached hydrogens (primary N) is 1. The minimum absolute atomic E-state index is 0.110. The number of nitrogens with zero attached hydrogens (tertiary/aromatic N) is 2. The first-order valence-electron chi connectivity index (χ1n) is 6.65. The van der Waals surface area contributed by atoms with E-state index in [0.717, 1.165) is 22.2 Å². The van der Waals surface area contributed by atoms with E-state index in [4.69, 9.17) is 5.84 Å². The average molecular weight is 266 g/mol. The standard InChI is InChI=1S/C16H18N4/c1-11-7-9-12(10-8-11)15(18-17)16-13-5-3-4-6-14(13)20(2)19-16/h3-10,15,18H,17H2,1-2H3. The minimum atomic E-state index is -0.110. The van der Waals surface area contributed by atoms with Crippen molar-refractivity contribution < 1.29 is 0 Å². The first kappa shape index (κ1) is 12.8. The second kappa shape index (κ2) is 5.07. The Morgan fingerprint density at radius 3 is 2.50 bits per heavy atom. The SMILES string of the molecule is Cc1ccc(C(NN)c2nn(C)c3ccccc23)cc1. The maximum atomic E-state index is 5.78. The maximum absolute atomic E-state index is 5.78. The van der Waals surface area contributed by atoms with Crippen molar-refractivity contribution in [1.82, 2.24) is 15.2 Å². The summed E-state index contributed by atoms with van der Waals surface area (Å²) in [4.78, 5) is 0. The van der Waals surface area contributed by atoms with Crippen LogP contribution >= 0.6 is 0 Å². The average Bonchev–Trinajstić information content (AvgIpc) is 2.80. The fourth-order valence-corrected chi connectivity index (χ4v) is 2.55. The van der Waals surface area contributed by atoms with E-state index in [0.29, 0.717) is 0 Å². The molecule has 0 fully saturated rings. The monoisotopic (exact) mass is 266 g/mol. The summed E-state index contributed by atoms with van der Waals surface area (Å²) in [5, 5.41) is 5.76. The molecule has 0 aliphatic rings. The lowest BCUT2D eigenvalue weighted by atomic mass is 10.0. The molecule has 0 bridgehead atoms. The molecule has 1 atom stereocenters. The fourth-order valence-electron chi connectivity index (χ4n) is 2.55. The highest BCUT2D eigenvalue weighted by atomic mass is 15.3. The van der Waals surface area contributed by atoms with Crippen molar-refractivity contribution in [3.63, 3.8) is 0 Å². The molecule has 3 N–H and O–H groups in total. The lowest BCUT2D eigenvalue weighted by Gasteiger charge is -2.14. The molecular formula is C16H18N4. The first-order chi connectivity index (χ1) is 9.70. The van der Waals surface area contributed by atoms with Gasteiger partial charge in [-0.1, -0.05) is 48.0 Å². The molecule has 2 aromatic carbocycles. The molecule has 102 valence electrons. The number of aryl methyl sites for hydroxylation is 2. The van der Waals surface area contributed by atoms with E-state index < -0.39 is 0 Å². The smallest absolute Gasteiger partial charge is 0.0930 e. The van der Waals surface area contributed by atoms with E-state index in [-0.39, 0.29) is 6.04 Å². The Morgan fingerprint density at radius 2 is 1.80 bits per heavy atom. The summed E-state index contributed by atoms with van der Waals surface area (Å²) in [6.45, 7) is 2.07. The largest absolute Gasteiger partial charge is 0.271 e. The number of rotatable bonds is 3. The van der Waals surface area contributed by atoms with Crippen LogP contribution in [0.5, 0.6) is 0 Å². The van der Waals surface area contributed by atoms with Gasteiger partial charge in [0.2, 0.25) is 0 Å². The Bertz CT molecular complexity index is 728. The van der Waals surface area contributed by atoms with Gasteiger partial charge in [0.25, 0.3) is 0 Å². The van der Waals surface area contributed by atoms with Crippen LogP contribution in [0.25, 0.3) is 10.9 Å². The fraction of sp³-hybridized carbons (Fsp3) is 0.188. The predicted molar refractivity (Wildman–Crippen MR) is 81.1 cm³/mol. The van der Waals surface area contributed by atoms with Gasteiger partial charge < -0.3 is 0 Å². The summed E-state index contributed by atoms with van der Waals surface area (Å²) in [6, 6.07) is 16.4. The predicted octanol–water partition coefficient (Wildman–Crippen LogP) is 2.43. The zero-order valence-corrected chi connectivity index (χ0v) is 11.7. The molecule has 4 nitrogen and oxygen atoms in total. The summed E-state index contributed by atoms with van der Waals surface area (Å²) in [5.41, 5.74) is 7.29. The molecule has 0 amide bonds. The molecule has 1 heterocycles. The Hall–Kier alpha value is -2.17. The number of benzene rings is 2. The molecule has 0 radical (unpaired) electrons. The summed E-state index contributed by atoms with van der Waals surface area (Å²) in [6.07, 6.45) is 0. The number of aromatic nitrogens is 2. The van der Waals surface area contributed by atoms with Crippen molar-refractivity contribution in [1.29, 1.82) is 0 Å². The molecule has 0 saturated carbocycles. The van der Waals surface area contributed by atoms with Crippen LogP contribution < -0.4 is 11.3 Å². The third kappa shape index (κ3) is 2.09. The molecule has 0 saturated heterocycles. The number of para-hydroxylation sites is 1. The van der Waals surface area contributed by atoms with Crippen LogP contribution in [0.2, 0.25) is 0 Å². The third-order valence-electron chi connectivity index (χ3n) is 3.64. The Labute approximate surface area is 118 Å². The van der Waals surface area contributed by atoms with Crippen LogP contribution in [-0.2, 0) is 7.05 Å². The van der Waals surface area contributed by atoms with Crippen molar-refractivity contribution in [2.24, 2.45) is 12.9 Å². The van der Waals surface area contributed by atoms with Crippen molar-refractivity contribution in [2.75, 3.05) is 0 Å². The molecule has 0 aliphatic heterocycles. The van der Waals surface area contributed by atoms with Gasteiger partial charge in [-0.15, -0.1) is 0 Å². The summed E-state index contributed by atoms with van der Waals surface area (Å²) in [5.74, 6) is 5.78. The van der Waals surface area contributed by atoms with Crippen LogP contribution in [0.4, 0.5) is 0 Å². The van der Waals surface area contributed by atoms with Crippen molar-refractivity contribution >= 4 is 10.9 Å². The molecular weight excluding hydrogens is 248 g/mol. The van der Waals surface area contributed by atoms with Gasteiger partial charge in [0.15, 0.2) is 0 Å². The zero-order chi connectivity index (χ0) is 14.1. The van der Waals surface area contributed by atoms with Crippen LogP contribution in [0, 0.1) is 6.92 Å². The van der Waals surface area contributed by atoms with Gasteiger partial charge >= 0.3 is 0 Å². The maximum Gasteiger partial charge on any atom is 0.0930 e. The van der Waals surface area contributed by atoms with Crippen molar-refractivity contribution in [2.45, 2.75) is 13.0 Å². The molecule has 1 unspecified atom stereocenters. The van der Waals surface area contributed by atoms with E-state index >= 15 is 0 Å². The molecule has 0 spiro atoms. The van der Waals surface area contributed by atoms with Crippen molar-refractivity contribution in [3.05, 3.63) is 65.4 Å². The quantitative estimate of drug-likeness (QED) is 0.565. The van der Waals surface area contributed by atoms with Gasteiger partial charge in [-0.3, -0.25) is 10.5 Å². The van der Waals surface area contributed by atoms with Gasteiger partial charge in [0, 0.05) is 12.4 Å². The van der Waals surface area contributed by atoms with Gasteiger partial charge in [0.1, 0.15) is 0 Å². The summed E-state index contributed by atoms with van der Waals surface area (Å²) in [7, 11) is 1.95. The Kier molecular flexibility index (Phi) is 3.26. The normalized spacial score (nSPS) is 12.8. The highest BCUT2D eigenvalue weighted by Gasteiger charge is 2.19. The molecule has 1 aromatic heterocycles. The van der Waals surface area contributed by atoms with E-state index in [1.165, 1.54) is 5.56 Å². The van der Waals surface area contributed by atoms with Gasteiger partial charge in [-0.05, 0) is 18.6 Å². The van der Waals surface area contributed by atoms with Gasteiger partial charge in [0.05, 0.1) is 17.3 Å². The van der Waals surface area contributed by atoms with Crippen LogP contribution in [-0.4, -0.2) is 9.78 Å². The first-order valence-corrected chi connectivity index (χ1v) is 6.65. The number of hydrogen-bond acceptors (Lipinski definition) is 3. The molecule has 20 heavy (non-hydrogen) atoms. The number of fused-ring (bicyclic) bond motifs is 1. The zero-order valence-electron chi connectivity index (χ0n) is 11.7. The number of hydrazine groups is 1. The highest BCUT2D eigenvalue weighted by molar-refractivity contribution is 5.82. The summed E-state index contributed by atoms with van der Waals surface area (Å²) >= 11 is 0. The van der Waals surface area contributed by atoms with E-state index in [2.05, 4.69) is 53.8 Å². The number of nitrogens with one attached hydrogen (secondary N) is 1. The molecule has 3 rings (SSSR count). The van der Waals surface area contributed by atoms with Crippen LogP contribution in [0.1, 0.15) is 22.9 Å². The van der Waals surface area contributed by atoms with Crippen LogP contribution in [0.3, 0.4) is 0 Å². The Morgan fingerprint density at radius 1 is 1.10 bits per heavy atom. The second-order valence-corrected chi connectivity index (χ2v) is 5.04. The molecule has 0 aliphatic carbocycles. The lowest BCUT2D eigenvalue weighted by molar-refractivity contribution is 0.608. The van der Waals surface area contributed by atoms with E-state index in [9.17, 15) is 0 Å². The van der Waals surface area contributed by atoms with E-state index in [1.807, 2.05) is 23.9 Å². The number of hydrogen-bond donors (Lipinski definition) is 2. The van der Waals surface area contributed by atoms with Crippen LogP contribution in [0.15, 0.2) is 48.5 Å². The third-order valence-corrected chi connectivity index (χ3v) is 3.64. The Balaban J connectivity index is 2.14. The van der Waals surface area contributed by atoms with E-state index in [1.54, 1.807) is 0 Å². The molecule has 3 aromatic rings. The van der Waals surface area contributed by atoms with Gasteiger partial charge in [-0.2, -0.15) is 5.10 Å². The lowest BCUT2D eigenvalue weighted by Crippen LogP contribution is -2.29. The van der Waals surface area contributed by atoms with Gasteiger partial charge in [-0.25, -0.2) is 5.43 Å². The highest BCUT2D eigenvalue weighted by Crippen LogP contribution is 2.27. The second-order valence-electron chi connectivity index (χ2n) is 5.04.